The fourth-order valence-electron chi connectivity index (χ4n) is 2.38. The van der Waals surface area contributed by atoms with Crippen LogP contribution in [-0.4, -0.2) is 36.8 Å². The van der Waals surface area contributed by atoms with Gasteiger partial charge in [-0.05, 0) is 36.5 Å². The third kappa shape index (κ3) is 5.73. The molecule has 1 saturated heterocycles. The molecule has 6 nitrogen and oxygen atoms in total. The van der Waals surface area contributed by atoms with Crippen molar-refractivity contribution in [2.75, 3.05) is 19.8 Å². The Balaban J connectivity index is 1.76. The van der Waals surface area contributed by atoms with Crippen molar-refractivity contribution in [1.29, 1.82) is 0 Å². The average molecular weight is 307 g/mol. The highest BCUT2D eigenvalue weighted by atomic mass is 16.5. The third-order valence-electron chi connectivity index (χ3n) is 3.57. The van der Waals surface area contributed by atoms with Gasteiger partial charge < -0.3 is 19.9 Å². The lowest BCUT2D eigenvalue weighted by Crippen LogP contribution is -2.27. The quantitative estimate of drug-likeness (QED) is 0.799. The van der Waals surface area contributed by atoms with Gasteiger partial charge in [0.05, 0.1) is 0 Å². The molecule has 2 N–H and O–H groups in total. The second-order valence-corrected chi connectivity index (χ2v) is 5.37. The van der Waals surface area contributed by atoms with Gasteiger partial charge in [-0.25, -0.2) is 4.79 Å². The highest BCUT2D eigenvalue weighted by Gasteiger charge is 2.17. The van der Waals surface area contributed by atoms with Crippen LogP contribution in [0.15, 0.2) is 24.3 Å². The van der Waals surface area contributed by atoms with Gasteiger partial charge in [0.2, 0.25) is 5.91 Å². The molecule has 1 aliphatic rings. The van der Waals surface area contributed by atoms with Crippen LogP contribution >= 0.6 is 0 Å². The number of aliphatic carboxylic acids is 1. The summed E-state index contributed by atoms with van der Waals surface area (Å²) in [6.45, 7) is 1.51. The van der Waals surface area contributed by atoms with Crippen molar-refractivity contribution in [3.63, 3.8) is 0 Å². The molecule has 0 radical (unpaired) electrons. The second-order valence-electron chi connectivity index (χ2n) is 5.37. The van der Waals surface area contributed by atoms with Gasteiger partial charge in [0, 0.05) is 26.2 Å². The van der Waals surface area contributed by atoms with Gasteiger partial charge >= 0.3 is 5.97 Å². The zero-order valence-electron chi connectivity index (χ0n) is 12.4. The molecule has 0 atom stereocenters. The summed E-state index contributed by atoms with van der Waals surface area (Å²) in [5, 5.41) is 11.5. The number of amides is 1. The Kier molecular flexibility index (Phi) is 6.21. The van der Waals surface area contributed by atoms with E-state index in [0.717, 1.165) is 31.6 Å². The first-order valence-electron chi connectivity index (χ1n) is 7.41. The van der Waals surface area contributed by atoms with Gasteiger partial charge in [0.15, 0.2) is 6.61 Å². The average Bonchev–Trinajstić information content (AvgIpc) is 2.52. The van der Waals surface area contributed by atoms with Crippen molar-refractivity contribution in [3.8, 4) is 5.75 Å². The summed E-state index contributed by atoms with van der Waals surface area (Å²) in [5.41, 5.74) is 0.878. The number of carbonyl (C=O) groups is 2. The lowest BCUT2D eigenvalue weighted by molar-refractivity contribution is -0.139. The molecule has 1 amide bonds. The van der Waals surface area contributed by atoms with E-state index in [1.54, 1.807) is 18.2 Å². The van der Waals surface area contributed by atoms with Crippen LogP contribution in [0.25, 0.3) is 0 Å². The Hall–Kier alpha value is -2.08. The predicted molar refractivity (Wildman–Crippen MR) is 79.6 cm³/mol. The molecular formula is C16H21NO5. The minimum atomic E-state index is -1.02. The van der Waals surface area contributed by atoms with Crippen LogP contribution in [0.1, 0.15) is 24.8 Å². The molecular weight excluding hydrogens is 286 g/mol. The predicted octanol–water partition coefficient (Wildman–Crippen LogP) is 1.58. The van der Waals surface area contributed by atoms with Crippen molar-refractivity contribution in [2.24, 2.45) is 5.92 Å². The zero-order chi connectivity index (χ0) is 15.8. The summed E-state index contributed by atoms with van der Waals surface area (Å²) in [7, 11) is 0. The summed E-state index contributed by atoms with van der Waals surface area (Å²) in [4.78, 5) is 22.4. The summed E-state index contributed by atoms with van der Waals surface area (Å²) >= 11 is 0. The summed E-state index contributed by atoms with van der Waals surface area (Å²) in [5.74, 6) is -0.100. The van der Waals surface area contributed by atoms with E-state index in [9.17, 15) is 9.59 Å². The molecule has 1 heterocycles. The minimum absolute atomic E-state index is 0.0313. The van der Waals surface area contributed by atoms with Crippen LogP contribution in [0.3, 0.4) is 0 Å². The Labute approximate surface area is 129 Å². The highest BCUT2D eigenvalue weighted by Crippen LogP contribution is 2.18. The molecule has 1 aromatic rings. The normalized spacial score (nSPS) is 15.3. The maximum absolute atomic E-state index is 11.9. The maximum atomic E-state index is 11.9. The van der Waals surface area contributed by atoms with Crippen LogP contribution in [0.5, 0.6) is 5.75 Å². The van der Waals surface area contributed by atoms with Crippen LogP contribution in [0.2, 0.25) is 0 Å². The molecule has 1 aromatic carbocycles. The summed E-state index contributed by atoms with van der Waals surface area (Å²) < 4.78 is 10.4. The first kappa shape index (κ1) is 16.3. The first-order chi connectivity index (χ1) is 10.6. The maximum Gasteiger partial charge on any atom is 0.341 e. The van der Waals surface area contributed by atoms with Crippen molar-refractivity contribution in [3.05, 3.63) is 29.8 Å². The molecule has 1 aliphatic heterocycles. The molecule has 0 spiro atoms. The molecule has 0 saturated carbocycles. The van der Waals surface area contributed by atoms with Crippen molar-refractivity contribution < 1.29 is 24.2 Å². The number of carbonyl (C=O) groups excluding carboxylic acids is 1. The molecule has 120 valence electrons. The fourth-order valence-corrected chi connectivity index (χ4v) is 2.38. The van der Waals surface area contributed by atoms with E-state index in [-0.39, 0.29) is 12.5 Å². The van der Waals surface area contributed by atoms with E-state index in [1.807, 2.05) is 6.07 Å². The number of carboxylic acids is 1. The Bertz CT molecular complexity index is 511. The molecule has 1 fully saturated rings. The third-order valence-corrected chi connectivity index (χ3v) is 3.57. The molecule has 0 unspecified atom stereocenters. The molecule has 0 aromatic heterocycles. The number of nitrogens with one attached hydrogen (secondary N) is 1. The van der Waals surface area contributed by atoms with Gasteiger partial charge in [-0.1, -0.05) is 12.1 Å². The lowest BCUT2D eigenvalue weighted by atomic mass is 9.96. The number of benzene rings is 1. The van der Waals surface area contributed by atoms with E-state index in [0.29, 0.717) is 24.6 Å². The molecule has 6 heteroatoms. The van der Waals surface area contributed by atoms with E-state index >= 15 is 0 Å². The Morgan fingerprint density at radius 3 is 2.82 bits per heavy atom. The molecule has 2 rings (SSSR count). The largest absolute Gasteiger partial charge is 0.482 e. The zero-order valence-corrected chi connectivity index (χ0v) is 12.4. The molecule has 22 heavy (non-hydrogen) atoms. The van der Waals surface area contributed by atoms with Crippen molar-refractivity contribution >= 4 is 11.9 Å². The second kappa shape index (κ2) is 8.38. The Morgan fingerprint density at radius 2 is 2.09 bits per heavy atom. The smallest absolute Gasteiger partial charge is 0.341 e. The van der Waals surface area contributed by atoms with Gasteiger partial charge in [-0.2, -0.15) is 0 Å². The molecule has 0 aliphatic carbocycles. The van der Waals surface area contributed by atoms with Crippen LogP contribution in [0, 0.1) is 5.92 Å². The van der Waals surface area contributed by atoms with E-state index in [1.165, 1.54) is 0 Å². The molecule has 0 bridgehead atoms. The number of rotatable bonds is 7. The highest BCUT2D eigenvalue weighted by molar-refractivity contribution is 5.76. The standard InChI is InChI=1S/C16H21NO5/c18-15(9-12-4-6-21-7-5-12)17-10-13-2-1-3-14(8-13)22-11-16(19)20/h1-3,8,12H,4-7,9-11H2,(H,17,18)(H,19,20). The van der Waals surface area contributed by atoms with Gasteiger partial charge in [-0.3, -0.25) is 4.79 Å². The Morgan fingerprint density at radius 1 is 1.32 bits per heavy atom. The lowest BCUT2D eigenvalue weighted by Gasteiger charge is -2.21. The van der Waals surface area contributed by atoms with Crippen molar-refractivity contribution in [1.82, 2.24) is 5.32 Å². The number of carboxylic acid groups (broad SMARTS) is 1. The van der Waals surface area contributed by atoms with Crippen molar-refractivity contribution in [2.45, 2.75) is 25.8 Å². The van der Waals surface area contributed by atoms with E-state index in [4.69, 9.17) is 14.6 Å². The van der Waals surface area contributed by atoms with E-state index in [2.05, 4.69) is 5.32 Å². The first-order valence-corrected chi connectivity index (χ1v) is 7.41. The minimum Gasteiger partial charge on any atom is -0.482 e. The monoisotopic (exact) mass is 307 g/mol. The summed E-state index contributed by atoms with van der Waals surface area (Å²) in [6, 6.07) is 7.06. The van der Waals surface area contributed by atoms with Crippen LogP contribution in [-0.2, 0) is 20.9 Å². The van der Waals surface area contributed by atoms with Crippen LogP contribution < -0.4 is 10.1 Å². The van der Waals surface area contributed by atoms with E-state index < -0.39 is 5.97 Å². The summed E-state index contributed by atoms with van der Waals surface area (Å²) in [6.07, 6.45) is 2.40. The number of hydrogen-bond acceptors (Lipinski definition) is 4. The van der Waals surface area contributed by atoms with Gasteiger partial charge in [0.1, 0.15) is 5.75 Å². The SMILES string of the molecule is O=C(O)COc1cccc(CNC(=O)CC2CCOCC2)c1. The topological polar surface area (TPSA) is 84.9 Å². The fraction of sp³-hybridized carbons (Fsp3) is 0.500. The van der Waals surface area contributed by atoms with Gasteiger partial charge in [0.25, 0.3) is 0 Å². The number of hydrogen-bond donors (Lipinski definition) is 2. The van der Waals surface area contributed by atoms with Gasteiger partial charge in [-0.15, -0.1) is 0 Å². The van der Waals surface area contributed by atoms with Crippen LogP contribution in [0.4, 0.5) is 0 Å². The number of ether oxygens (including phenoxy) is 2.